The first-order chi connectivity index (χ1) is 20.4. The van der Waals surface area contributed by atoms with Crippen LogP contribution in [0.1, 0.15) is 61.6 Å². The SMILES string of the molecule is C[C@H](OCc1ccccc1)[C@@H](NC(=O)OCC1c2ccccc2-c2ccccc21)C(=O)N1CCCCCCC1C(=O)O. The number of fused-ring (bicyclic) bond motifs is 3. The molecule has 8 nitrogen and oxygen atoms in total. The molecule has 1 aliphatic heterocycles. The average molecular weight is 571 g/mol. The van der Waals surface area contributed by atoms with Gasteiger partial charge >= 0.3 is 12.1 Å². The van der Waals surface area contributed by atoms with Gasteiger partial charge in [-0.3, -0.25) is 4.79 Å². The number of likely N-dealkylation sites (tertiary alicyclic amines) is 1. The van der Waals surface area contributed by atoms with Gasteiger partial charge in [-0.1, -0.05) is 98.1 Å². The van der Waals surface area contributed by atoms with Crippen LogP contribution in [-0.4, -0.2) is 59.3 Å². The molecule has 1 fully saturated rings. The summed E-state index contributed by atoms with van der Waals surface area (Å²) in [7, 11) is 0. The number of nitrogens with zero attached hydrogens (tertiary/aromatic N) is 1. The summed E-state index contributed by atoms with van der Waals surface area (Å²) in [4.78, 5) is 40.8. The molecule has 1 unspecified atom stereocenters. The van der Waals surface area contributed by atoms with Gasteiger partial charge in [-0.15, -0.1) is 0 Å². The van der Waals surface area contributed by atoms with E-state index in [4.69, 9.17) is 9.47 Å². The Balaban J connectivity index is 1.32. The zero-order chi connectivity index (χ0) is 29.5. The summed E-state index contributed by atoms with van der Waals surface area (Å²) >= 11 is 0. The number of hydrogen-bond acceptors (Lipinski definition) is 5. The third-order valence-corrected chi connectivity index (χ3v) is 8.28. The number of carboxylic acids is 1. The molecular formula is C34H38N2O6. The van der Waals surface area contributed by atoms with Crippen LogP contribution < -0.4 is 5.32 Å². The van der Waals surface area contributed by atoms with E-state index in [9.17, 15) is 19.5 Å². The number of rotatable bonds is 9. The van der Waals surface area contributed by atoms with Crippen LogP contribution in [0.15, 0.2) is 78.9 Å². The van der Waals surface area contributed by atoms with Gasteiger partial charge < -0.3 is 24.8 Å². The maximum Gasteiger partial charge on any atom is 0.407 e. The Morgan fingerprint density at radius 2 is 1.50 bits per heavy atom. The predicted molar refractivity (Wildman–Crippen MR) is 159 cm³/mol. The molecule has 0 radical (unpaired) electrons. The molecule has 220 valence electrons. The molecule has 0 aromatic heterocycles. The molecule has 0 saturated carbocycles. The van der Waals surface area contributed by atoms with E-state index in [2.05, 4.69) is 17.4 Å². The molecule has 2 N–H and O–H groups in total. The molecule has 1 saturated heterocycles. The van der Waals surface area contributed by atoms with Crippen LogP contribution >= 0.6 is 0 Å². The number of ether oxygens (including phenoxy) is 2. The van der Waals surface area contributed by atoms with Crippen LogP contribution in [0, 0.1) is 0 Å². The second kappa shape index (κ2) is 13.7. The van der Waals surface area contributed by atoms with Crippen LogP contribution in [0.25, 0.3) is 11.1 Å². The molecule has 2 amide bonds. The number of benzene rings is 3. The van der Waals surface area contributed by atoms with Crippen molar-refractivity contribution in [3.8, 4) is 11.1 Å². The largest absolute Gasteiger partial charge is 0.480 e. The van der Waals surface area contributed by atoms with Crippen molar-refractivity contribution in [1.82, 2.24) is 10.2 Å². The highest BCUT2D eigenvalue weighted by Crippen LogP contribution is 2.44. The van der Waals surface area contributed by atoms with Crippen LogP contribution in [0.3, 0.4) is 0 Å². The van der Waals surface area contributed by atoms with E-state index in [0.717, 1.165) is 47.1 Å². The molecule has 3 aromatic rings. The highest BCUT2D eigenvalue weighted by Gasteiger charge is 2.38. The number of carbonyl (C=O) groups excluding carboxylic acids is 2. The van der Waals surface area contributed by atoms with Crippen LogP contribution in [0.4, 0.5) is 4.79 Å². The van der Waals surface area contributed by atoms with Crippen molar-refractivity contribution in [3.05, 3.63) is 95.6 Å². The Morgan fingerprint density at radius 1 is 0.881 bits per heavy atom. The van der Waals surface area contributed by atoms with E-state index in [1.165, 1.54) is 4.90 Å². The summed E-state index contributed by atoms with van der Waals surface area (Å²) in [5, 5.41) is 12.7. The van der Waals surface area contributed by atoms with Gasteiger partial charge in [0.2, 0.25) is 5.91 Å². The highest BCUT2D eigenvalue weighted by molar-refractivity contribution is 5.90. The van der Waals surface area contributed by atoms with Crippen molar-refractivity contribution in [2.45, 2.75) is 69.7 Å². The second-order valence-electron chi connectivity index (χ2n) is 11.0. The van der Waals surface area contributed by atoms with E-state index in [1.54, 1.807) is 6.92 Å². The summed E-state index contributed by atoms with van der Waals surface area (Å²) in [6.07, 6.45) is 2.17. The first-order valence-corrected chi connectivity index (χ1v) is 14.7. The minimum atomic E-state index is -1.12. The van der Waals surface area contributed by atoms with Crippen molar-refractivity contribution >= 4 is 18.0 Å². The summed E-state index contributed by atoms with van der Waals surface area (Å²) < 4.78 is 11.8. The number of nitrogens with one attached hydrogen (secondary N) is 1. The first-order valence-electron chi connectivity index (χ1n) is 14.7. The second-order valence-corrected chi connectivity index (χ2v) is 11.0. The number of carbonyl (C=O) groups is 3. The Bertz CT molecular complexity index is 1350. The van der Waals surface area contributed by atoms with Crippen LogP contribution in [-0.2, 0) is 25.7 Å². The molecule has 2 aliphatic rings. The maximum absolute atomic E-state index is 14.0. The van der Waals surface area contributed by atoms with E-state index in [-0.39, 0.29) is 19.1 Å². The van der Waals surface area contributed by atoms with Crippen molar-refractivity contribution in [3.63, 3.8) is 0 Å². The molecule has 3 aromatic carbocycles. The minimum Gasteiger partial charge on any atom is -0.480 e. The minimum absolute atomic E-state index is 0.0987. The number of hydrogen-bond donors (Lipinski definition) is 2. The van der Waals surface area contributed by atoms with Crippen molar-refractivity contribution in [2.24, 2.45) is 0 Å². The lowest BCUT2D eigenvalue weighted by Gasteiger charge is -2.35. The molecule has 8 heteroatoms. The van der Waals surface area contributed by atoms with Gasteiger partial charge in [0, 0.05) is 12.5 Å². The fourth-order valence-electron chi connectivity index (χ4n) is 6.03. The van der Waals surface area contributed by atoms with Gasteiger partial charge in [0.1, 0.15) is 18.7 Å². The Labute approximate surface area is 246 Å². The summed E-state index contributed by atoms with van der Waals surface area (Å²) in [6.45, 7) is 2.36. The molecule has 1 heterocycles. The van der Waals surface area contributed by atoms with Gasteiger partial charge in [-0.25, -0.2) is 9.59 Å². The Kier molecular flexibility index (Phi) is 9.54. The zero-order valence-electron chi connectivity index (χ0n) is 23.9. The molecule has 3 atom stereocenters. The van der Waals surface area contributed by atoms with Crippen LogP contribution in [0.5, 0.6) is 0 Å². The summed E-state index contributed by atoms with van der Waals surface area (Å²) in [5.41, 5.74) is 5.34. The van der Waals surface area contributed by atoms with Gasteiger partial charge in [0.15, 0.2) is 0 Å². The third-order valence-electron chi connectivity index (χ3n) is 8.28. The quantitative estimate of drug-likeness (QED) is 0.340. The number of aliphatic carboxylic acids is 1. The normalized spacial score (nSPS) is 18.1. The van der Waals surface area contributed by atoms with Gasteiger partial charge in [0.05, 0.1) is 12.7 Å². The molecule has 1 aliphatic carbocycles. The summed E-state index contributed by atoms with van der Waals surface area (Å²) in [6, 6.07) is 23.6. The molecule has 0 spiro atoms. The fourth-order valence-corrected chi connectivity index (χ4v) is 6.03. The van der Waals surface area contributed by atoms with E-state index in [1.807, 2.05) is 66.7 Å². The standard InChI is InChI=1S/C34H38N2O6/c1-23(41-21-24-13-5-4-6-14-24)31(32(37)36-20-12-3-2-7-19-30(36)33(38)39)35-34(40)42-22-29-27-17-10-8-15-25(27)26-16-9-11-18-28(26)29/h4-6,8-11,13-18,23,29-31H,2-3,7,12,19-22H2,1H3,(H,35,40)(H,38,39)/t23-,30?,31+/m0/s1. The lowest BCUT2D eigenvalue weighted by molar-refractivity contribution is -0.153. The van der Waals surface area contributed by atoms with Gasteiger partial charge in [0.25, 0.3) is 0 Å². The zero-order valence-corrected chi connectivity index (χ0v) is 23.9. The van der Waals surface area contributed by atoms with Crippen molar-refractivity contribution in [1.29, 1.82) is 0 Å². The lowest BCUT2D eigenvalue weighted by Crippen LogP contribution is -2.58. The van der Waals surface area contributed by atoms with E-state index < -0.39 is 36.2 Å². The number of amides is 2. The van der Waals surface area contributed by atoms with Crippen LogP contribution in [0.2, 0.25) is 0 Å². The molecular weight excluding hydrogens is 532 g/mol. The lowest BCUT2D eigenvalue weighted by atomic mass is 9.98. The smallest absolute Gasteiger partial charge is 0.407 e. The van der Waals surface area contributed by atoms with Gasteiger partial charge in [-0.05, 0) is 47.6 Å². The monoisotopic (exact) mass is 570 g/mol. The Hall–Kier alpha value is -4.17. The van der Waals surface area contributed by atoms with E-state index in [0.29, 0.717) is 19.4 Å². The topological polar surface area (TPSA) is 105 Å². The van der Waals surface area contributed by atoms with E-state index >= 15 is 0 Å². The maximum atomic E-state index is 14.0. The highest BCUT2D eigenvalue weighted by atomic mass is 16.5. The van der Waals surface area contributed by atoms with Crippen molar-refractivity contribution in [2.75, 3.05) is 13.2 Å². The van der Waals surface area contributed by atoms with Crippen molar-refractivity contribution < 1.29 is 29.0 Å². The third kappa shape index (κ3) is 6.65. The predicted octanol–water partition coefficient (Wildman–Crippen LogP) is 5.74. The Morgan fingerprint density at radius 3 is 2.17 bits per heavy atom. The summed E-state index contributed by atoms with van der Waals surface area (Å²) in [5.74, 6) is -1.64. The van der Waals surface area contributed by atoms with Gasteiger partial charge in [-0.2, -0.15) is 0 Å². The number of alkyl carbamates (subject to hydrolysis) is 1. The average Bonchev–Trinajstić information content (AvgIpc) is 3.31. The molecule has 42 heavy (non-hydrogen) atoms. The molecule has 5 rings (SSSR count). The fraction of sp³-hybridized carbons (Fsp3) is 0.382. The number of carboxylic acid groups (broad SMARTS) is 1. The first kappa shape index (κ1) is 29.3. The molecule has 0 bridgehead atoms.